The molecule has 2 atom stereocenters. The molecule has 7 N–H and O–H groups in total. The average molecular weight is 399 g/mol. The van der Waals surface area contributed by atoms with Crippen LogP contribution in [0.3, 0.4) is 0 Å². The number of hydrogen-bond acceptors (Lipinski definition) is 5. The number of amides is 2. The van der Waals surface area contributed by atoms with E-state index in [0.717, 1.165) is 19.3 Å². The highest BCUT2D eigenvalue weighted by Crippen LogP contribution is 2.08. The normalized spacial score (nSPS) is 12.8. The molecular weight excluding hydrogens is 361 g/mol. The van der Waals surface area contributed by atoms with Crippen molar-refractivity contribution >= 4 is 24.9 Å². The number of unbranched alkanes of at least 4 members (excludes halogenated alkanes) is 2. The van der Waals surface area contributed by atoms with Crippen LogP contribution >= 0.6 is 0 Å². The van der Waals surface area contributed by atoms with Gasteiger partial charge in [-0.05, 0) is 31.6 Å². The molecule has 0 heterocycles. The minimum absolute atomic E-state index is 0.172. The largest absolute Gasteiger partial charge is 0.475 e. The third kappa shape index (κ3) is 12.6. The fourth-order valence-electron chi connectivity index (χ4n) is 2.73. The predicted octanol–water partition coefficient (Wildman–Crippen LogP) is 0.118. The maximum absolute atomic E-state index is 12.7. The zero-order valence-corrected chi connectivity index (χ0v) is 17.7. The third-order valence-electron chi connectivity index (χ3n) is 4.29. The van der Waals surface area contributed by atoms with Crippen molar-refractivity contribution in [1.29, 1.82) is 5.41 Å². The van der Waals surface area contributed by atoms with Gasteiger partial charge in [-0.2, -0.15) is 0 Å². The minimum atomic E-state index is -1.66. The van der Waals surface area contributed by atoms with E-state index < -0.39 is 25.0 Å². The first-order chi connectivity index (χ1) is 13.2. The summed E-state index contributed by atoms with van der Waals surface area (Å²) in [5, 5.41) is 37.5. The Balaban J connectivity index is 4.84. The molecule has 0 aliphatic rings. The van der Waals surface area contributed by atoms with Gasteiger partial charge in [0.15, 0.2) is 5.96 Å². The molecule has 0 spiro atoms. The lowest BCUT2D eigenvalue weighted by Gasteiger charge is -2.24. The van der Waals surface area contributed by atoms with Gasteiger partial charge >= 0.3 is 7.12 Å². The molecule has 0 aliphatic heterocycles. The summed E-state index contributed by atoms with van der Waals surface area (Å²) in [5.74, 6) is -1.04. The lowest BCUT2D eigenvalue weighted by Crippen LogP contribution is -2.54. The molecule has 28 heavy (non-hydrogen) atoms. The molecule has 0 bridgehead atoms. The Hall–Kier alpha value is -1.81. The maximum atomic E-state index is 12.7. The van der Waals surface area contributed by atoms with Crippen LogP contribution in [0.5, 0.6) is 0 Å². The van der Waals surface area contributed by atoms with Crippen molar-refractivity contribution < 1.29 is 19.6 Å². The van der Waals surface area contributed by atoms with Crippen LogP contribution in [-0.2, 0) is 9.59 Å². The molecule has 9 nitrogen and oxygen atoms in total. The number of hydrogen-bond donors (Lipinski definition) is 7. The summed E-state index contributed by atoms with van der Waals surface area (Å²) in [6.45, 7) is 6.39. The van der Waals surface area contributed by atoms with Gasteiger partial charge in [-0.15, -0.1) is 0 Å². The predicted molar refractivity (Wildman–Crippen MR) is 112 cm³/mol. The highest BCUT2D eigenvalue weighted by molar-refractivity contribution is 6.43. The minimum Gasteiger partial charge on any atom is -0.426 e. The summed E-state index contributed by atoms with van der Waals surface area (Å²) >= 11 is 0. The first-order valence-corrected chi connectivity index (χ1v) is 10.2. The molecule has 0 unspecified atom stereocenters. The van der Waals surface area contributed by atoms with Gasteiger partial charge < -0.3 is 31.3 Å². The van der Waals surface area contributed by atoms with Crippen molar-refractivity contribution in [3.05, 3.63) is 0 Å². The highest BCUT2D eigenvalue weighted by Gasteiger charge is 2.29. The molecule has 0 aliphatic carbocycles. The number of nitrogens with one attached hydrogen (secondary N) is 5. The molecule has 0 aromatic rings. The van der Waals surface area contributed by atoms with Gasteiger partial charge in [0.2, 0.25) is 11.8 Å². The lowest BCUT2D eigenvalue weighted by molar-refractivity contribution is -0.129. The molecule has 0 fully saturated rings. The summed E-state index contributed by atoms with van der Waals surface area (Å²) in [7, 11) is -0.0259. The molecule has 0 saturated carbocycles. The van der Waals surface area contributed by atoms with Crippen LogP contribution in [0.4, 0.5) is 0 Å². The molecule has 2 amide bonds. The van der Waals surface area contributed by atoms with E-state index in [1.807, 2.05) is 13.8 Å². The molecule has 0 rings (SSSR count). The van der Waals surface area contributed by atoms with Crippen LogP contribution in [-0.4, -0.2) is 60.5 Å². The van der Waals surface area contributed by atoms with Crippen LogP contribution < -0.4 is 21.3 Å². The SMILES string of the molecule is CCCCCC(=O)N[C@@H](CCCNC(=N)NC)C(=O)N[C@@H](CC(C)C)B(O)O. The fraction of sp³-hybridized carbons (Fsp3) is 0.833. The molecule has 10 heteroatoms. The van der Waals surface area contributed by atoms with E-state index in [2.05, 4.69) is 28.2 Å². The lowest BCUT2D eigenvalue weighted by atomic mass is 9.75. The number of rotatable bonds is 14. The smallest absolute Gasteiger partial charge is 0.426 e. The summed E-state index contributed by atoms with van der Waals surface area (Å²) in [5.41, 5.74) is 0. The Bertz CT molecular complexity index is 477. The Morgan fingerprint density at radius 3 is 2.32 bits per heavy atom. The van der Waals surface area contributed by atoms with Gasteiger partial charge in [-0.3, -0.25) is 15.0 Å². The van der Waals surface area contributed by atoms with E-state index >= 15 is 0 Å². The summed E-state index contributed by atoms with van der Waals surface area (Å²) in [6, 6.07) is -0.756. The number of carbonyl (C=O) groups excluding carboxylic acids is 2. The van der Waals surface area contributed by atoms with Gasteiger partial charge in [0, 0.05) is 20.0 Å². The van der Waals surface area contributed by atoms with E-state index in [-0.39, 0.29) is 17.8 Å². The summed E-state index contributed by atoms with van der Waals surface area (Å²) in [6.07, 6.45) is 4.45. The third-order valence-corrected chi connectivity index (χ3v) is 4.29. The number of guanidine groups is 1. The Morgan fingerprint density at radius 2 is 1.79 bits per heavy atom. The first kappa shape index (κ1) is 26.2. The van der Waals surface area contributed by atoms with Crippen LogP contribution in [0.2, 0.25) is 0 Å². The van der Waals surface area contributed by atoms with Gasteiger partial charge in [-0.25, -0.2) is 0 Å². The van der Waals surface area contributed by atoms with Crippen molar-refractivity contribution in [1.82, 2.24) is 21.3 Å². The standard InChI is InChI=1S/C18H38BN5O4/c1-5-6-7-10-16(25)23-14(9-8-11-22-18(20)21-4)17(26)24-15(19(27)28)12-13(2)3/h13-15,27-28H,5-12H2,1-4H3,(H,23,25)(H,24,26)(H3,20,21,22)/t14-,15-/m0/s1. The van der Waals surface area contributed by atoms with Crippen LogP contribution in [0.1, 0.15) is 65.7 Å². The summed E-state index contributed by atoms with van der Waals surface area (Å²) < 4.78 is 0. The van der Waals surface area contributed by atoms with Crippen molar-refractivity contribution in [2.75, 3.05) is 13.6 Å². The van der Waals surface area contributed by atoms with Crippen molar-refractivity contribution in [3.8, 4) is 0 Å². The second-order valence-corrected chi connectivity index (χ2v) is 7.43. The second kappa shape index (κ2) is 15.2. The summed E-state index contributed by atoms with van der Waals surface area (Å²) in [4.78, 5) is 24.8. The van der Waals surface area contributed by atoms with E-state index in [4.69, 9.17) is 5.41 Å². The molecule has 0 radical (unpaired) electrons. The first-order valence-electron chi connectivity index (χ1n) is 10.2. The van der Waals surface area contributed by atoms with Crippen LogP contribution in [0.25, 0.3) is 0 Å². The van der Waals surface area contributed by atoms with Crippen molar-refractivity contribution in [2.45, 2.75) is 77.7 Å². The zero-order chi connectivity index (χ0) is 21.5. The Labute approximate surface area is 169 Å². The number of carbonyl (C=O) groups is 2. The van der Waals surface area contributed by atoms with E-state index in [1.165, 1.54) is 0 Å². The second-order valence-electron chi connectivity index (χ2n) is 7.43. The highest BCUT2D eigenvalue weighted by atomic mass is 16.4. The maximum Gasteiger partial charge on any atom is 0.475 e. The molecule has 0 aromatic carbocycles. The van der Waals surface area contributed by atoms with E-state index in [0.29, 0.717) is 32.2 Å². The van der Waals surface area contributed by atoms with Crippen LogP contribution in [0, 0.1) is 11.3 Å². The molecule has 162 valence electrons. The molecule has 0 saturated heterocycles. The van der Waals surface area contributed by atoms with Crippen LogP contribution in [0.15, 0.2) is 0 Å². The molecular formula is C18H38BN5O4. The fourth-order valence-corrected chi connectivity index (χ4v) is 2.73. The molecule has 0 aromatic heterocycles. The van der Waals surface area contributed by atoms with Gasteiger partial charge in [0.25, 0.3) is 0 Å². The van der Waals surface area contributed by atoms with Crippen molar-refractivity contribution in [3.63, 3.8) is 0 Å². The van der Waals surface area contributed by atoms with Crippen molar-refractivity contribution in [2.24, 2.45) is 5.92 Å². The van der Waals surface area contributed by atoms with E-state index in [1.54, 1.807) is 7.05 Å². The monoisotopic (exact) mass is 399 g/mol. The van der Waals surface area contributed by atoms with Gasteiger partial charge in [0.05, 0.1) is 5.94 Å². The average Bonchev–Trinajstić information content (AvgIpc) is 2.62. The van der Waals surface area contributed by atoms with Gasteiger partial charge in [-0.1, -0.05) is 33.6 Å². The topological polar surface area (TPSA) is 147 Å². The Morgan fingerprint density at radius 1 is 1.11 bits per heavy atom. The zero-order valence-electron chi connectivity index (χ0n) is 17.7. The quantitative estimate of drug-likeness (QED) is 0.0956. The van der Waals surface area contributed by atoms with Gasteiger partial charge in [0.1, 0.15) is 6.04 Å². The Kier molecular flexibility index (Phi) is 14.2. The van der Waals surface area contributed by atoms with E-state index in [9.17, 15) is 19.6 Å².